The van der Waals surface area contributed by atoms with Gasteiger partial charge in [-0.1, -0.05) is 6.07 Å². The number of nitrogens with zero attached hydrogens (tertiary/aromatic N) is 3. The second-order valence-corrected chi connectivity index (χ2v) is 5.57. The first-order chi connectivity index (χ1) is 11.6. The van der Waals surface area contributed by atoms with Gasteiger partial charge >= 0.3 is 0 Å². The predicted octanol–water partition coefficient (Wildman–Crippen LogP) is 2.36. The van der Waals surface area contributed by atoms with Gasteiger partial charge in [-0.05, 0) is 43.7 Å². The van der Waals surface area contributed by atoms with Gasteiger partial charge in [-0.15, -0.1) is 0 Å². The largest absolute Gasteiger partial charge is 0.312 e. The SMILES string of the molecule is CC(=NNC(=O)c1cccc(N2CCCC2=O)c1)c1ccncc1. The number of anilines is 1. The van der Waals surface area contributed by atoms with Gasteiger partial charge in [-0.25, -0.2) is 5.43 Å². The van der Waals surface area contributed by atoms with Crippen LogP contribution in [0.5, 0.6) is 0 Å². The van der Waals surface area contributed by atoms with E-state index < -0.39 is 0 Å². The Balaban J connectivity index is 1.72. The zero-order valence-corrected chi connectivity index (χ0v) is 13.4. The summed E-state index contributed by atoms with van der Waals surface area (Å²) in [4.78, 5) is 29.8. The molecule has 1 aliphatic heterocycles. The van der Waals surface area contributed by atoms with Crippen LogP contribution >= 0.6 is 0 Å². The van der Waals surface area contributed by atoms with Crippen LogP contribution in [0.1, 0.15) is 35.7 Å². The predicted molar refractivity (Wildman–Crippen MR) is 91.9 cm³/mol. The molecule has 1 saturated heterocycles. The summed E-state index contributed by atoms with van der Waals surface area (Å²) < 4.78 is 0. The highest BCUT2D eigenvalue weighted by Gasteiger charge is 2.22. The molecule has 0 spiro atoms. The molecule has 1 aromatic carbocycles. The lowest BCUT2D eigenvalue weighted by Crippen LogP contribution is -2.24. The van der Waals surface area contributed by atoms with E-state index in [0.29, 0.717) is 24.2 Å². The van der Waals surface area contributed by atoms with Crippen molar-refractivity contribution in [3.05, 3.63) is 59.9 Å². The van der Waals surface area contributed by atoms with Crippen LogP contribution in [0.15, 0.2) is 53.9 Å². The van der Waals surface area contributed by atoms with Crippen LogP contribution in [-0.2, 0) is 4.79 Å². The van der Waals surface area contributed by atoms with Crippen LogP contribution in [0.4, 0.5) is 5.69 Å². The first-order valence-electron chi connectivity index (χ1n) is 7.80. The Bertz CT molecular complexity index is 787. The van der Waals surface area contributed by atoms with Crippen molar-refractivity contribution in [2.45, 2.75) is 19.8 Å². The van der Waals surface area contributed by atoms with Crippen LogP contribution in [-0.4, -0.2) is 29.1 Å². The summed E-state index contributed by atoms with van der Waals surface area (Å²) in [5.74, 6) is -0.212. The maximum Gasteiger partial charge on any atom is 0.271 e. The van der Waals surface area contributed by atoms with Crippen molar-refractivity contribution in [2.75, 3.05) is 11.4 Å². The number of amides is 2. The monoisotopic (exact) mass is 322 g/mol. The number of nitrogens with one attached hydrogen (secondary N) is 1. The van der Waals surface area contributed by atoms with E-state index in [0.717, 1.165) is 17.7 Å². The molecule has 0 bridgehead atoms. The maximum atomic E-state index is 12.3. The van der Waals surface area contributed by atoms with Gasteiger partial charge in [-0.2, -0.15) is 5.10 Å². The van der Waals surface area contributed by atoms with Gasteiger partial charge in [-0.3, -0.25) is 14.6 Å². The third kappa shape index (κ3) is 3.48. The Morgan fingerprint density at radius 2 is 2.00 bits per heavy atom. The van der Waals surface area contributed by atoms with E-state index in [9.17, 15) is 9.59 Å². The summed E-state index contributed by atoms with van der Waals surface area (Å²) in [5.41, 5.74) is 5.35. The molecule has 24 heavy (non-hydrogen) atoms. The van der Waals surface area contributed by atoms with Gasteiger partial charge in [0.1, 0.15) is 0 Å². The van der Waals surface area contributed by atoms with Gasteiger partial charge in [0.25, 0.3) is 5.91 Å². The Morgan fingerprint density at radius 3 is 2.71 bits per heavy atom. The lowest BCUT2D eigenvalue weighted by molar-refractivity contribution is -0.117. The molecule has 6 heteroatoms. The molecule has 122 valence electrons. The Kier molecular flexibility index (Phi) is 4.65. The number of hydrogen-bond donors (Lipinski definition) is 1. The van der Waals surface area contributed by atoms with E-state index in [1.165, 1.54) is 0 Å². The first kappa shape index (κ1) is 15.9. The maximum absolute atomic E-state index is 12.3. The van der Waals surface area contributed by atoms with Crippen LogP contribution < -0.4 is 10.3 Å². The van der Waals surface area contributed by atoms with Crippen LogP contribution in [0.25, 0.3) is 0 Å². The van der Waals surface area contributed by atoms with Gasteiger partial charge in [0, 0.05) is 42.2 Å². The number of aromatic nitrogens is 1. The van der Waals surface area contributed by atoms with Crippen molar-refractivity contribution in [3.63, 3.8) is 0 Å². The van der Waals surface area contributed by atoms with E-state index in [4.69, 9.17) is 0 Å². The average Bonchev–Trinajstić information content (AvgIpc) is 3.06. The van der Waals surface area contributed by atoms with Gasteiger partial charge in [0.05, 0.1) is 5.71 Å². The average molecular weight is 322 g/mol. The zero-order valence-electron chi connectivity index (χ0n) is 13.4. The Labute approximate surface area is 140 Å². The highest BCUT2D eigenvalue weighted by Crippen LogP contribution is 2.22. The lowest BCUT2D eigenvalue weighted by Gasteiger charge is -2.16. The minimum Gasteiger partial charge on any atom is -0.312 e. The quantitative estimate of drug-likeness (QED) is 0.693. The topological polar surface area (TPSA) is 74.7 Å². The molecular weight excluding hydrogens is 304 g/mol. The summed E-state index contributed by atoms with van der Waals surface area (Å²) >= 11 is 0. The molecule has 0 unspecified atom stereocenters. The van der Waals surface area contributed by atoms with Crippen LogP contribution in [0, 0.1) is 0 Å². The molecule has 2 amide bonds. The number of hydrogen-bond acceptors (Lipinski definition) is 4. The minimum absolute atomic E-state index is 0.0964. The summed E-state index contributed by atoms with van der Waals surface area (Å²) in [6.45, 7) is 2.51. The fourth-order valence-corrected chi connectivity index (χ4v) is 2.59. The van der Waals surface area contributed by atoms with E-state index in [-0.39, 0.29) is 11.8 Å². The standard InChI is InChI=1S/C18H18N4O2/c1-13(14-7-9-19-10-8-14)20-21-18(24)15-4-2-5-16(12-15)22-11-3-6-17(22)23/h2,4-5,7-10,12H,3,6,11H2,1H3,(H,21,24). The highest BCUT2D eigenvalue weighted by molar-refractivity contribution is 6.01. The summed E-state index contributed by atoms with van der Waals surface area (Å²) in [7, 11) is 0. The number of rotatable bonds is 4. The molecule has 0 saturated carbocycles. The number of hydrazone groups is 1. The third-order valence-corrected chi connectivity index (χ3v) is 3.92. The molecule has 0 atom stereocenters. The van der Waals surface area contributed by atoms with Crippen molar-refractivity contribution >= 4 is 23.2 Å². The smallest absolute Gasteiger partial charge is 0.271 e. The lowest BCUT2D eigenvalue weighted by atomic mass is 10.2. The van der Waals surface area contributed by atoms with Crippen molar-refractivity contribution in [2.24, 2.45) is 5.10 Å². The van der Waals surface area contributed by atoms with Crippen molar-refractivity contribution in [3.8, 4) is 0 Å². The summed E-state index contributed by atoms with van der Waals surface area (Å²) in [6, 6.07) is 10.7. The number of pyridine rings is 1. The second kappa shape index (κ2) is 7.04. The molecule has 1 aromatic heterocycles. The molecule has 6 nitrogen and oxygen atoms in total. The van der Waals surface area contributed by atoms with Crippen LogP contribution in [0.2, 0.25) is 0 Å². The van der Waals surface area contributed by atoms with E-state index in [2.05, 4.69) is 15.5 Å². The minimum atomic E-state index is -0.308. The van der Waals surface area contributed by atoms with Gasteiger partial charge in [0.15, 0.2) is 0 Å². The highest BCUT2D eigenvalue weighted by atomic mass is 16.2. The second-order valence-electron chi connectivity index (χ2n) is 5.57. The molecule has 1 aliphatic rings. The molecule has 1 N–H and O–H groups in total. The molecule has 1 fully saturated rings. The molecule has 0 radical (unpaired) electrons. The van der Waals surface area contributed by atoms with E-state index >= 15 is 0 Å². The molecule has 2 heterocycles. The number of carbonyl (C=O) groups excluding carboxylic acids is 2. The first-order valence-corrected chi connectivity index (χ1v) is 7.80. The fraction of sp³-hybridized carbons (Fsp3) is 0.222. The van der Waals surface area contributed by atoms with Gasteiger partial charge < -0.3 is 4.90 Å². The third-order valence-electron chi connectivity index (χ3n) is 3.92. The fourth-order valence-electron chi connectivity index (χ4n) is 2.59. The summed E-state index contributed by atoms with van der Waals surface area (Å²) in [6.07, 6.45) is 4.76. The van der Waals surface area contributed by atoms with Crippen molar-refractivity contribution < 1.29 is 9.59 Å². The normalized spacial score (nSPS) is 14.8. The van der Waals surface area contributed by atoms with E-state index in [1.807, 2.05) is 25.1 Å². The van der Waals surface area contributed by atoms with E-state index in [1.54, 1.807) is 35.5 Å². The number of benzene rings is 1. The molecule has 2 aromatic rings. The molecular formula is C18H18N4O2. The molecule has 3 rings (SSSR count). The van der Waals surface area contributed by atoms with Crippen molar-refractivity contribution in [1.29, 1.82) is 0 Å². The summed E-state index contributed by atoms with van der Waals surface area (Å²) in [5, 5.41) is 4.12. The Morgan fingerprint density at radius 1 is 1.21 bits per heavy atom. The van der Waals surface area contributed by atoms with Crippen LogP contribution in [0.3, 0.4) is 0 Å². The van der Waals surface area contributed by atoms with Crippen molar-refractivity contribution in [1.82, 2.24) is 10.4 Å². The zero-order chi connectivity index (χ0) is 16.9. The number of carbonyl (C=O) groups is 2. The Hall–Kier alpha value is -3.02. The molecule has 0 aliphatic carbocycles. The van der Waals surface area contributed by atoms with Gasteiger partial charge in [0.2, 0.25) is 5.91 Å².